The third-order valence-corrected chi connectivity index (χ3v) is 3.09. The highest BCUT2D eigenvalue weighted by atomic mass is 19.1. The number of nitrogens with zero attached hydrogens (tertiary/aromatic N) is 4. The molecule has 116 valence electrons. The van der Waals surface area contributed by atoms with Crippen molar-refractivity contribution >= 4 is 5.91 Å². The SMILES string of the molecule is O=C(NCc1cn(-c2ccncc2)nn1)c1c(F)cccc1F. The van der Waals surface area contributed by atoms with Gasteiger partial charge >= 0.3 is 0 Å². The largest absolute Gasteiger partial charge is 0.346 e. The van der Waals surface area contributed by atoms with Crippen molar-refractivity contribution in [1.82, 2.24) is 25.3 Å². The van der Waals surface area contributed by atoms with E-state index in [9.17, 15) is 13.6 Å². The lowest BCUT2D eigenvalue weighted by Crippen LogP contribution is -2.25. The van der Waals surface area contributed by atoms with Gasteiger partial charge in [0.2, 0.25) is 0 Å². The fourth-order valence-corrected chi connectivity index (χ4v) is 1.98. The first-order valence-electron chi connectivity index (χ1n) is 6.69. The molecule has 0 spiro atoms. The van der Waals surface area contributed by atoms with Gasteiger partial charge in [0.05, 0.1) is 18.4 Å². The summed E-state index contributed by atoms with van der Waals surface area (Å²) in [5.41, 5.74) is 0.589. The fourth-order valence-electron chi connectivity index (χ4n) is 1.98. The van der Waals surface area contributed by atoms with Crippen molar-refractivity contribution in [2.75, 3.05) is 0 Å². The number of carbonyl (C=O) groups excluding carboxylic acids is 1. The average Bonchev–Trinajstić information content (AvgIpc) is 3.02. The Bertz CT molecular complexity index is 815. The van der Waals surface area contributed by atoms with Crippen molar-refractivity contribution in [3.63, 3.8) is 0 Å². The van der Waals surface area contributed by atoms with Gasteiger partial charge in [-0.25, -0.2) is 13.5 Å². The Kier molecular flexibility index (Phi) is 4.05. The van der Waals surface area contributed by atoms with Gasteiger partial charge in [0.1, 0.15) is 22.9 Å². The second-order valence-corrected chi connectivity index (χ2v) is 4.64. The van der Waals surface area contributed by atoms with E-state index >= 15 is 0 Å². The molecular formula is C15H11F2N5O. The van der Waals surface area contributed by atoms with Gasteiger partial charge in [0.15, 0.2) is 0 Å². The summed E-state index contributed by atoms with van der Waals surface area (Å²) < 4.78 is 28.5. The molecule has 0 aliphatic carbocycles. The van der Waals surface area contributed by atoms with E-state index in [1.807, 2.05) is 0 Å². The minimum atomic E-state index is -0.914. The van der Waals surface area contributed by atoms with E-state index in [0.29, 0.717) is 5.69 Å². The third-order valence-electron chi connectivity index (χ3n) is 3.09. The smallest absolute Gasteiger partial charge is 0.257 e. The van der Waals surface area contributed by atoms with Gasteiger partial charge in [-0.2, -0.15) is 0 Å². The summed E-state index contributed by atoms with van der Waals surface area (Å²) in [5, 5.41) is 10.2. The quantitative estimate of drug-likeness (QED) is 0.798. The first-order chi connectivity index (χ1) is 11.1. The number of rotatable bonds is 4. The van der Waals surface area contributed by atoms with Gasteiger partial charge in [0, 0.05) is 12.4 Å². The molecule has 0 atom stereocenters. The molecule has 3 rings (SSSR count). The Labute approximate surface area is 129 Å². The number of aromatic nitrogens is 4. The van der Waals surface area contributed by atoms with Crippen LogP contribution >= 0.6 is 0 Å². The molecule has 1 amide bonds. The number of pyridine rings is 1. The number of hydrogen-bond donors (Lipinski definition) is 1. The van der Waals surface area contributed by atoms with Gasteiger partial charge in [-0.1, -0.05) is 11.3 Å². The number of nitrogens with one attached hydrogen (secondary N) is 1. The molecule has 0 unspecified atom stereocenters. The Morgan fingerprint density at radius 1 is 1.13 bits per heavy atom. The molecule has 8 heteroatoms. The van der Waals surface area contributed by atoms with E-state index in [1.165, 1.54) is 10.7 Å². The van der Waals surface area contributed by atoms with Crippen LogP contribution in [0.25, 0.3) is 5.69 Å². The first kappa shape index (κ1) is 14.8. The summed E-state index contributed by atoms with van der Waals surface area (Å²) in [6.45, 7) is -0.00229. The van der Waals surface area contributed by atoms with Crippen LogP contribution in [0.15, 0.2) is 48.9 Å². The van der Waals surface area contributed by atoms with Crippen LogP contribution in [-0.2, 0) is 6.54 Å². The molecule has 0 saturated heterocycles. The Hall–Kier alpha value is -3.16. The topological polar surface area (TPSA) is 72.7 Å². The number of halogens is 2. The van der Waals surface area contributed by atoms with E-state index in [2.05, 4.69) is 20.6 Å². The monoisotopic (exact) mass is 315 g/mol. The first-order valence-corrected chi connectivity index (χ1v) is 6.69. The van der Waals surface area contributed by atoms with Crippen molar-refractivity contribution in [3.8, 4) is 5.69 Å². The van der Waals surface area contributed by atoms with Crippen LogP contribution in [0.4, 0.5) is 8.78 Å². The van der Waals surface area contributed by atoms with E-state index in [1.54, 1.807) is 30.7 Å². The summed E-state index contributed by atoms with van der Waals surface area (Å²) in [6.07, 6.45) is 4.83. The maximum absolute atomic E-state index is 13.5. The molecular weight excluding hydrogens is 304 g/mol. The zero-order chi connectivity index (χ0) is 16.2. The van der Waals surface area contributed by atoms with Crippen molar-refractivity contribution in [1.29, 1.82) is 0 Å². The predicted octanol–water partition coefficient (Wildman–Crippen LogP) is 1.87. The van der Waals surface area contributed by atoms with Crippen molar-refractivity contribution in [2.45, 2.75) is 6.54 Å². The minimum absolute atomic E-state index is 0.00229. The molecule has 1 aromatic carbocycles. The molecule has 0 radical (unpaired) electrons. The lowest BCUT2D eigenvalue weighted by atomic mass is 10.2. The van der Waals surface area contributed by atoms with Crippen LogP contribution in [0.3, 0.4) is 0 Å². The molecule has 0 aliphatic rings. The zero-order valence-electron chi connectivity index (χ0n) is 11.8. The highest BCUT2D eigenvalue weighted by Crippen LogP contribution is 2.12. The van der Waals surface area contributed by atoms with Gasteiger partial charge in [-0.3, -0.25) is 9.78 Å². The van der Waals surface area contributed by atoms with Crippen molar-refractivity contribution in [2.24, 2.45) is 0 Å². The van der Waals surface area contributed by atoms with E-state index in [-0.39, 0.29) is 6.54 Å². The fraction of sp³-hybridized carbons (Fsp3) is 0.0667. The molecule has 6 nitrogen and oxygen atoms in total. The third kappa shape index (κ3) is 3.20. The lowest BCUT2D eigenvalue weighted by molar-refractivity contribution is 0.0942. The zero-order valence-corrected chi connectivity index (χ0v) is 11.8. The van der Waals surface area contributed by atoms with E-state index < -0.39 is 23.1 Å². The van der Waals surface area contributed by atoms with Crippen LogP contribution in [0.5, 0.6) is 0 Å². The molecule has 2 heterocycles. The van der Waals surface area contributed by atoms with Gasteiger partial charge in [0.25, 0.3) is 5.91 Å². The molecule has 3 aromatic rings. The standard InChI is InChI=1S/C15H11F2N5O/c16-12-2-1-3-13(17)14(12)15(23)19-8-10-9-22(21-20-10)11-4-6-18-7-5-11/h1-7,9H,8H2,(H,19,23). The summed E-state index contributed by atoms with van der Waals surface area (Å²) >= 11 is 0. The van der Waals surface area contributed by atoms with Crippen molar-refractivity contribution < 1.29 is 13.6 Å². The van der Waals surface area contributed by atoms with Crippen LogP contribution in [0.1, 0.15) is 16.1 Å². The van der Waals surface area contributed by atoms with Crippen LogP contribution < -0.4 is 5.32 Å². The minimum Gasteiger partial charge on any atom is -0.346 e. The molecule has 0 saturated carbocycles. The summed E-state index contributed by atoms with van der Waals surface area (Å²) in [5.74, 6) is -2.68. The Morgan fingerprint density at radius 2 is 1.83 bits per heavy atom. The average molecular weight is 315 g/mol. The molecule has 23 heavy (non-hydrogen) atoms. The number of benzene rings is 1. The molecule has 0 fully saturated rings. The van der Waals surface area contributed by atoms with Gasteiger partial charge in [-0.05, 0) is 24.3 Å². The molecule has 0 aliphatic heterocycles. The van der Waals surface area contributed by atoms with Crippen LogP contribution in [-0.4, -0.2) is 25.9 Å². The highest BCUT2D eigenvalue weighted by molar-refractivity contribution is 5.94. The second-order valence-electron chi connectivity index (χ2n) is 4.64. The van der Waals surface area contributed by atoms with E-state index in [0.717, 1.165) is 17.8 Å². The maximum atomic E-state index is 13.5. The van der Waals surface area contributed by atoms with E-state index in [4.69, 9.17) is 0 Å². The summed E-state index contributed by atoms with van der Waals surface area (Å²) in [6, 6.07) is 6.73. The summed E-state index contributed by atoms with van der Waals surface area (Å²) in [4.78, 5) is 15.8. The van der Waals surface area contributed by atoms with Gasteiger partial charge in [-0.15, -0.1) is 5.10 Å². The summed E-state index contributed by atoms with van der Waals surface area (Å²) in [7, 11) is 0. The Balaban J connectivity index is 1.70. The predicted molar refractivity (Wildman–Crippen MR) is 76.7 cm³/mol. The molecule has 1 N–H and O–H groups in total. The Morgan fingerprint density at radius 3 is 2.52 bits per heavy atom. The number of amides is 1. The van der Waals surface area contributed by atoms with Crippen molar-refractivity contribution in [3.05, 3.63) is 71.8 Å². The maximum Gasteiger partial charge on any atom is 0.257 e. The van der Waals surface area contributed by atoms with Crippen LogP contribution in [0.2, 0.25) is 0 Å². The number of hydrogen-bond acceptors (Lipinski definition) is 4. The molecule has 0 bridgehead atoms. The normalized spacial score (nSPS) is 10.5. The van der Waals surface area contributed by atoms with Gasteiger partial charge < -0.3 is 5.32 Å². The lowest BCUT2D eigenvalue weighted by Gasteiger charge is -2.05. The second kappa shape index (κ2) is 6.30. The van der Waals surface area contributed by atoms with Crippen LogP contribution in [0, 0.1) is 11.6 Å². The highest BCUT2D eigenvalue weighted by Gasteiger charge is 2.17. The number of carbonyl (C=O) groups is 1. The molecule has 2 aromatic heterocycles.